The van der Waals surface area contributed by atoms with E-state index in [1.807, 2.05) is 0 Å². The predicted molar refractivity (Wildman–Crippen MR) is 72.9 cm³/mol. The minimum atomic E-state index is -3.22. The molecule has 0 N–H and O–H groups in total. The van der Waals surface area contributed by atoms with Gasteiger partial charge in [-0.15, -0.1) is 0 Å². The van der Waals surface area contributed by atoms with Crippen molar-refractivity contribution in [2.75, 3.05) is 17.8 Å². The van der Waals surface area contributed by atoms with Gasteiger partial charge in [0.25, 0.3) is 0 Å². The monoisotopic (exact) mass is 281 g/mol. The first-order valence-corrected chi connectivity index (χ1v) is 7.50. The lowest BCUT2D eigenvalue weighted by atomic mass is 10.2. The number of ether oxygens (including phenoxy) is 1. The molecule has 2 rings (SSSR count). The van der Waals surface area contributed by atoms with Gasteiger partial charge in [0.2, 0.25) is 5.91 Å². The Kier molecular flexibility index (Phi) is 3.61. The second kappa shape index (κ2) is 5.05. The van der Waals surface area contributed by atoms with Crippen molar-refractivity contribution in [2.24, 2.45) is 0 Å². The number of carbonyl (C=O) groups is 1. The molecule has 5 nitrogen and oxygen atoms in total. The molecule has 0 radical (unpaired) electrons. The Labute approximate surface area is 112 Å². The lowest BCUT2D eigenvalue weighted by Gasteiger charge is -2.27. The number of hydrogen-bond donors (Lipinski definition) is 0. The molecule has 1 aromatic rings. The fourth-order valence-electron chi connectivity index (χ4n) is 2.13. The first kappa shape index (κ1) is 13.6. The third kappa shape index (κ3) is 2.78. The number of hydrogen-bond acceptors (Lipinski definition) is 4. The van der Waals surface area contributed by atoms with Crippen molar-refractivity contribution in [1.29, 1.82) is 0 Å². The highest BCUT2D eigenvalue weighted by Gasteiger charge is 2.31. The summed E-state index contributed by atoms with van der Waals surface area (Å²) >= 11 is 0. The quantitative estimate of drug-likeness (QED) is 0.839. The number of methoxy groups -OCH3 is 1. The van der Waals surface area contributed by atoms with Crippen LogP contribution in [0.1, 0.15) is 6.92 Å². The van der Waals surface area contributed by atoms with Gasteiger partial charge in [0.1, 0.15) is 5.75 Å². The maximum atomic E-state index is 11.9. The zero-order valence-corrected chi connectivity index (χ0v) is 11.6. The van der Waals surface area contributed by atoms with Crippen molar-refractivity contribution < 1.29 is 17.9 Å². The summed E-state index contributed by atoms with van der Waals surface area (Å²) in [6.45, 7) is 1.41. The molecular formula is C13H15NO4S. The second-order valence-electron chi connectivity index (χ2n) is 4.29. The van der Waals surface area contributed by atoms with Crippen LogP contribution in [-0.4, -0.2) is 33.2 Å². The molecule has 1 aliphatic heterocycles. The van der Waals surface area contributed by atoms with Gasteiger partial charge in [-0.25, -0.2) is 8.42 Å². The Morgan fingerprint density at radius 2 is 2.05 bits per heavy atom. The highest BCUT2D eigenvalue weighted by molar-refractivity contribution is 7.94. The number of nitrogens with zero attached hydrogens (tertiary/aromatic N) is 1. The second-order valence-corrected chi connectivity index (χ2v) is 6.22. The minimum Gasteiger partial charge on any atom is -0.495 e. The SMILES string of the molecule is COc1ccccc1N(C(C)=O)C1C=CS(=O)(=O)C1. The van der Waals surface area contributed by atoms with E-state index in [2.05, 4.69) is 0 Å². The number of para-hydroxylation sites is 2. The van der Waals surface area contributed by atoms with Gasteiger partial charge in [0, 0.05) is 12.3 Å². The molecule has 1 heterocycles. The van der Waals surface area contributed by atoms with Crippen LogP contribution in [0.25, 0.3) is 0 Å². The number of carbonyl (C=O) groups excluding carboxylic acids is 1. The lowest BCUT2D eigenvalue weighted by molar-refractivity contribution is -0.116. The highest BCUT2D eigenvalue weighted by atomic mass is 32.2. The predicted octanol–water partition coefficient (Wildman–Crippen LogP) is 1.36. The van der Waals surface area contributed by atoms with Crippen molar-refractivity contribution in [3.05, 3.63) is 35.7 Å². The fourth-order valence-corrected chi connectivity index (χ4v) is 3.40. The lowest BCUT2D eigenvalue weighted by Crippen LogP contribution is -2.40. The number of amides is 1. The van der Waals surface area contributed by atoms with Crippen LogP contribution in [0.4, 0.5) is 5.69 Å². The van der Waals surface area contributed by atoms with Crippen LogP contribution in [-0.2, 0) is 14.6 Å². The van der Waals surface area contributed by atoms with Crippen LogP contribution >= 0.6 is 0 Å². The number of benzene rings is 1. The van der Waals surface area contributed by atoms with Crippen molar-refractivity contribution >= 4 is 21.4 Å². The molecule has 0 spiro atoms. The summed E-state index contributed by atoms with van der Waals surface area (Å²) in [5.74, 6) is 0.219. The first-order valence-electron chi connectivity index (χ1n) is 5.78. The Bertz CT molecular complexity index is 621. The summed E-state index contributed by atoms with van der Waals surface area (Å²) in [6.07, 6.45) is 1.53. The van der Waals surface area contributed by atoms with Gasteiger partial charge in [-0.3, -0.25) is 4.79 Å². The molecular weight excluding hydrogens is 266 g/mol. The van der Waals surface area contributed by atoms with E-state index in [1.54, 1.807) is 24.3 Å². The van der Waals surface area contributed by atoms with Gasteiger partial charge in [-0.1, -0.05) is 12.1 Å². The fraction of sp³-hybridized carbons (Fsp3) is 0.308. The van der Waals surface area contributed by atoms with Gasteiger partial charge in [0.15, 0.2) is 9.84 Å². The average molecular weight is 281 g/mol. The van der Waals surface area contributed by atoms with E-state index in [1.165, 1.54) is 25.0 Å². The normalized spacial score (nSPS) is 20.2. The highest BCUT2D eigenvalue weighted by Crippen LogP contribution is 2.31. The van der Waals surface area contributed by atoms with Crippen LogP contribution in [0, 0.1) is 0 Å². The largest absolute Gasteiger partial charge is 0.495 e. The van der Waals surface area contributed by atoms with E-state index < -0.39 is 15.9 Å². The third-order valence-electron chi connectivity index (χ3n) is 2.93. The maximum Gasteiger partial charge on any atom is 0.224 e. The van der Waals surface area contributed by atoms with E-state index in [0.717, 1.165) is 5.41 Å². The van der Waals surface area contributed by atoms with Gasteiger partial charge < -0.3 is 9.64 Å². The Balaban J connectivity index is 2.42. The van der Waals surface area contributed by atoms with E-state index >= 15 is 0 Å². The van der Waals surface area contributed by atoms with E-state index in [9.17, 15) is 13.2 Å². The van der Waals surface area contributed by atoms with Crippen LogP contribution in [0.5, 0.6) is 5.75 Å². The molecule has 0 aliphatic carbocycles. The summed E-state index contributed by atoms with van der Waals surface area (Å²) in [6, 6.07) is 6.55. The van der Waals surface area contributed by atoms with E-state index in [4.69, 9.17) is 4.74 Å². The minimum absolute atomic E-state index is 0.0926. The molecule has 1 aromatic carbocycles. The molecule has 0 fully saturated rings. The maximum absolute atomic E-state index is 11.9. The number of anilines is 1. The molecule has 1 aliphatic rings. The summed E-state index contributed by atoms with van der Waals surface area (Å²) in [4.78, 5) is 13.3. The van der Waals surface area contributed by atoms with E-state index in [-0.39, 0.29) is 11.7 Å². The van der Waals surface area contributed by atoms with Crippen molar-refractivity contribution in [3.8, 4) is 5.75 Å². The molecule has 102 valence electrons. The van der Waals surface area contributed by atoms with Crippen molar-refractivity contribution in [2.45, 2.75) is 13.0 Å². The van der Waals surface area contributed by atoms with Crippen LogP contribution in [0.15, 0.2) is 35.7 Å². The van der Waals surface area contributed by atoms with Crippen molar-refractivity contribution in [1.82, 2.24) is 0 Å². The van der Waals surface area contributed by atoms with Gasteiger partial charge in [0.05, 0.1) is 24.6 Å². The third-order valence-corrected chi connectivity index (χ3v) is 4.30. The van der Waals surface area contributed by atoms with Gasteiger partial charge in [-0.2, -0.15) is 0 Å². The molecule has 0 saturated carbocycles. The molecule has 0 saturated heterocycles. The van der Waals surface area contributed by atoms with Crippen LogP contribution < -0.4 is 9.64 Å². The Morgan fingerprint density at radius 1 is 1.37 bits per heavy atom. The van der Waals surface area contributed by atoms with Crippen LogP contribution in [0.3, 0.4) is 0 Å². The molecule has 0 bridgehead atoms. The first-order chi connectivity index (χ1) is 8.94. The Morgan fingerprint density at radius 3 is 2.58 bits per heavy atom. The standard InChI is InChI=1S/C13H15NO4S/c1-10(15)14(11-7-8-19(16,17)9-11)12-5-3-4-6-13(12)18-2/h3-8,11H,9H2,1-2H3. The summed E-state index contributed by atoms with van der Waals surface area (Å²) < 4.78 is 28.2. The summed E-state index contributed by atoms with van der Waals surface area (Å²) in [5, 5.41) is 1.16. The van der Waals surface area contributed by atoms with Crippen molar-refractivity contribution in [3.63, 3.8) is 0 Å². The molecule has 19 heavy (non-hydrogen) atoms. The van der Waals surface area contributed by atoms with Gasteiger partial charge >= 0.3 is 0 Å². The number of rotatable bonds is 3. The summed E-state index contributed by atoms with van der Waals surface area (Å²) in [7, 11) is -1.70. The molecule has 1 unspecified atom stereocenters. The molecule has 0 aromatic heterocycles. The average Bonchev–Trinajstić information content (AvgIpc) is 2.70. The van der Waals surface area contributed by atoms with E-state index in [0.29, 0.717) is 11.4 Å². The molecule has 6 heteroatoms. The van der Waals surface area contributed by atoms with Gasteiger partial charge in [-0.05, 0) is 18.2 Å². The number of sulfone groups is 1. The Hall–Kier alpha value is -1.82. The molecule has 1 amide bonds. The van der Waals surface area contributed by atoms with Crippen LogP contribution in [0.2, 0.25) is 0 Å². The molecule has 1 atom stereocenters. The zero-order chi connectivity index (χ0) is 14.0. The topological polar surface area (TPSA) is 63.7 Å². The zero-order valence-electron chi connectivity index (χ0n) is 10.7. The summed E-state index contributed by atoms with van der Waals surface area (Å²) in [5.41, 5.74) is 0.573. The smallest absolute Gasteiger partial charge is 0.224 e.